The third-order valence-electron chi connectivity index (χ3n) is 6.27. The highest BCUT2D eigenvalue weighted by Gasteiger charge is 2.27. The average Bonchev–Trinajstić information content (AvgIpc) is 3.32. The number of ether oxygens (including phenoxy) is 3. The quantitative estimate of drug-likeness (QED) is 0.293. The second-order valence-electron chi connectivity index (χ2n) is 8.17. The predicted molar refractivity (Wildman–Crippen MR) is 133 cm³/mol. The number of hydrogen-bond acceptors (Lipinski definition) is 5. The Hall–Kier alpha value is -4.25. The van der Waals surface area contributed by atoms with Gasteiger partial charge in [0, 0.05) is 34.4 Å². The summed E-state index contributed by atoms with van der Waals surface area (Å²) < 4.78 is 23.4. The van der Waals surface area contributed by atoms with Crippen molar-refractivity contribution in [2.24, 2.45) is 0 Å². The molecule has 0 amide bonds. The normalized spacial score (nSPS) is 12.8. The first kappa shape index (κ1) is 20.4. The minimum absolute atomic E-state index is 0.719. The number of benzene rings is 4. The zero-order valence-corrected chi connectivity index (χ0v) is 19.2. The molecule has 0 radical (unpaired) electrons. The van der Waals surface area contributed by atoms with Gasteiger partial charge in [-0.25, -0.2) is 4.98 Å². The molecule has 2 heterocycles. The summed E-state index contributed by atoms with van der Waals surface area (Å²) >= 11 is 0. The Morgan fingerprint density at radius 3 is 2.15 bits per heavy atom. The van der Waals surface area contributed by atoms with Gasteiger partial charge in [-0.2, -0.15) is 0 Å². The molecule has 0 fully saturated rings. The van der Waals surface area contributed by atoms with Gasteiger partial charge in [-0.1, -0.05) is 37.3 Å². The van der Waals surface area contributed by atoms with E-state index < -0.39 is 0 Å². The number of aromatic nitrogens is 1. The number of aryl methyl sites for hydroxylation is 1. The molecule has 0 aliphatic carbocycles. The lowest BCUT2D eigenvalue weighted by Gasteiger charge is -2.25. The summed E-state index contributed by atoms with van der Waals surface area (Å²) in [5.74, 6) is 3.87. The lowest BCUT2D eigenvalue weighted by Crippen LogP contribution is -2.07. The molecule has 4 aromatic carbocycles. The van der Waals surface area contributed by atoms with Crippen LogP contribution in [0.15, 0.2) is 77.2 Å². The Balaban J connectivity index is 1.66. The van der Waals surface area contributed by atoms with Gasteiger partial charge in [0.1, 0.15) is 28.5 Å². The summed E-state index contributed by atoms with van der Waals surface area (Å²) in [6.45, 7) is 2.04. The summed E-state index contributed by atoms with van der Waals surface area (Å²) in [5, 5.41) is 2.06. The predicted octanol–water partition coefficient (Wildman–Crippen LogP) is 6.87. The topological polar surface area (TPSA) is 53.7 Å². The maximum Gasteiger partial charge on any atom is 0.195 e. The molecule has 6 rings (SSSR count). The van der Waals surface area contributed by atoms with E-state index in [9.17, 15) is 0 Å². The number of rotatable bonds is 5. The molecule has 1 aliphatic rings. The minimum Gasteiger partial charge on any atom is -0.497 e. The Morgan fingerprint density at radius 2 is 1.50 bits per heavy atom. The lowest BCUT2D eigenvalue weighted by atomic mass is 9.88. The lowest BCUT2D eigenvalue weighted by molar-refractivity contribution is 0.414. The van der Waals surface area contributed by atoms with Crippen molar-refractivity contribution in [3.8, 4) is 17.2 Å². The molecule has 0 saturated heterocycles. The summed E-state index contributed by atoms with van der Waals surface area (Å²) in [6, 6.07) is 24.3. The van der Waals surface area contributed by atoms with E-state index in [2.05, 4.69) is 30.3 Å². The second-order valence-corrected chi connectivity index (χ2v) is 8.17. The van der Waals surface area contributed by atoms with Crippen molar-refractivity contribution in [1.82, 2.24) is 4.98 Å². The third kappa shape index (κ3) is 3.12. The molecule has 0 spiro atoms. The maximum atomic E-state index is 6.66. The van der Waals surface area contributed by atoms with Gasteiger partial charge in [0.25, 0.3) is 0 Å². The van der Waals surface area contributed by atoms with E-state index in [1.54, 1.807) is 14.2 Å². The van der Waals surface area contributed by atoms with Gasteiger partial charge in [0.05, 0.1) is 14.2 Å². The van der Waals surface area contributed by atoms with E-state index in [1.165, 1.54) is 0 Å². The van der Waals surface area contributed by atoms with E-state index >= 15 is 0 Å². The number of hydrogen-bond donors (Lipinski definition) is 0. The van der Waals surface area contributed by atoms with Crippen LogP contribution in [0.2, 0.25) is 0 Å². The van der Waals surface area contributed by atoms with Crippen LogP contribution in [0.1, 0.15) is 29.5 Å². The smallest absolute Gasteiger partial charge is 0.195 e. The Kier molecular flexibility index (Phi) is 4.77. The third-order valence-corrected chi connectivity index (χ3v) is 6.27. The zero-order valence-electron chi connectivity index (χ0n) is 19.2. The highest BCUT2D eigenvalue weighted by Crippen LogP contribution is 2.47. The molecule has 168 valence electrons. The first-order valence-electron chi connectivity index (χ1n) is 11.3. The van der Waals surface area contributed by atoms with Crippen LogP contribution in [0.4, 0.5) is 0 Å². The van der Waals surface area contributed by atoms with Crippen LogP contribution >= 0.6 is 0 Å². The minimum atomic E-state index is 0.719. The first-order chi connectivity index (χ1) is 16.7. The van der Waals surface area contributed by atoms with Crippen LogP contribution in [0.25, 0.3) is 33.2 Å². The number of methoxy groups -OCH3 is 2. The second kappa shape index (κ2) is 7.96. The molecule has 5 nitrogen and oxygen atoms in total. The van der Waals surface area contributed by atoms with Crippen molar-refractivity contribution < 1.29 is 18.6 Å². The molecule has 0 N–H and O–H groups in total. The van der Waals surface area contributed by atoms with Gasteiger partial charge in [-0.15, -0.1) is 0 Å². The summed E-state index contributed by atoms with van der Waals surface area (Å²) in [7, 11) is 3.34. The van der Waals surface area contributed by atoms with Crippen molar-refractivity contribution >= 4 is 33.2 Å². The average molecular weight is 450 g/mol. The molecule has 0 unspecified atom stereocenters. The van der Waals surface area contributed by atoms with Crippen LogP contribution in [0.5, 0.6) is 17.2 Å². The maximum absolute atomic E-state index is 6.66. The van der Waals surface area contributed by atoms with E-state index in [0.717, 1.165) is 79.5 Å². The van der Waals surface area contributed by atoms with Crippen LogP contribution < -0.4 is 14.2 Å². The standard InChI is InChI=1S/C29H23NO4/c1-4-25-30-28-22-7-5-6-21-26(17-8-12-19(31-2)13-9-17)29(18-10-14-20(32-3)15-11-18)34-23(27(21)22)16-24(28)33-25/h5-16H,4H2,1-3H3. The number of fused-ring (bicyclic) bond motifs is 2. The summed E-state index contributed by atoms with van der Waals surface area (Å²) in [4.78, 5) is 4.75. The number of oxazole rings is 1. The van der Waals surface area contributed by atoms with E-state index in [4.69, 9.17) is 23.6 Å². The first-order valence-corrected chi connectivity index (χ1v) is 11.3. The molecule has 1 aliphatic heterocycles. The van der Waals surface area contributed by atoms with E-state index in [1.807, 2.05) is 49.4 Å². The highest BCUT2D eigenvalue weighted by molar-refractivity contribution is 6.16. The van der Waals surface area contributed by atoms with Crippen molar-refractivity contribution in [3.05, 3.63) is 95.4 Å². The molecular weight excluding hydrogens is 426 g/mol. The Morgan fingerprint density at radius 1 is 0.824 bits per heavy atom. The summed E-state index contributed by atoms with van der Waals surface area (Å²) in [6.07, 6.45) is 0.735. The van der Waals surface area contributed by atoms with Gasteiger partial charge in [-0.05, 0) is 47.5 Å². The number of nitrogens with zero attached hydrogens (tertiary/aromatic N) is 1. The van der Waals surface area contributed by atoms with Crippen LogP contribution in [0.3, 0.4) is 0 Å². The SMILES string of the molecule is CCc1nc2c(cc3c4c(cccc42)C(c2ccc(OC)cc2)=C(c2ccc(OC)cc2)O3)o1. The fourth-order valence-electron chi connectivity index (χ4n) is 4.59. The van der Waals surface area contributed by atoms with Crippen molar-refractivity contribution in [2.75, 3.05) is 14.2 Å². The van der Waals surface area contributed by atoms with Crippen LogP contribution in [0, 0.1) is 0 Å². The summed E-state index contributed by atoms with van der Waals surface area (Å²) in [5.41, 5.74) is 5.71. The molecule has 5 heteroatoms. The molecule has 0 saturated carbocycles. The Labute approximate surface area is 197 Å². The Bertz CT molecular complexity index is 1560. The van der Waals surface area contributed by atoms with Crippen molar-refractivity contribution in [2.45, 2.75) is 13.3 Å². The molecule has 34 heavy (non-hydrogen) atoms. The van der Waals surface area contributed by atoms with Gasteiger partial charge >= 0.3 is 0 Å². The van der Waals surface area contributed by atoms with E-state index in [0.29, 0.717) is 0 Å². The zero-order chi connectivity index (χ0) is 23.2. The van der Waals surface area contributed by atoms with Crippen molar-refractivity contribution in [1.29, 1.82) is 0 Å². The van der Waals surface area contributed by atoms with Gasteiger partial charge in [0.2, 0.25) is 0 Å². The van der Waals surface area contributed by atoms with Gasteiger partial charge < -0.3 is 18.6 Å². The van der Waals surface area contributed by atoms with Gasteiger partial charge in [-0.3, -0.25) is 0 Å². The molecule has 0 atom stereocenters. The van der Waals surface area contributed by atoms with Crippen LogP contribution in [-0.4, -0.2) is 19.2 Å². The van der Waals surface area contributed by atoms with Gasteiger partial charge in [0.15, 0.2) is 11.5 Å². The fourth-order valence-corrected chi connectivity index (χ4v) is 4.59. The van der Waals surface area contributed by atoms with E-state index in [-0.39, 0.29) is 0 Å². The fraction of sp³-hybridized carbons (Fsp3) is 0.138. The molecule has 1 aromatic heterocycles. The van der Waals surface area contributed by atoms with Crippen LogP contribution in [-0.2, 0) is 6.42 Å². The molecular formula is C29H23NO4. The molecule has 5 aromatic rings. The highest BCUT2D eigenvalue weighted by atomic mass is 16.5. The van der Waals surface area contributed by atoms with Crippen molar-refractivity contribution in [3.63, 3.8) is 0 Å². The largest absolute Gasteiger partial charge is 0.497 e. The molecule has 0 bridgehead atoms. The monoisotopic (exact) mass is 449 g/mol.